The zero-order valence-corrected chi connectivity index (χ0v) is 19.5. The summed E-state index contributed by atoms with van der Waals surface area (Å²) < 4.78 is 5.47. The Kier molecular flexibility index (Phi) is 12.5. The minimum atomic E-state index is -0.375. The van der Waals surface area contributed by atoms with Crippen LogP contribution in [-0.2, 0) is 0 Å². The molecule has 0 amide bonds. The highest BCUT2D eigenvalue weighted by atomic mass is 35.5. The normalized spacial score (nSPS) is 11.0. The third-order valence-corrected chi connectivity index (χ3v) is 5.43. The smallest absolute Gasteiger partial charge is 0.345 e. The van der Waals surface area contributed by atoms with Crippen molar-refractivity contribution in [2.24, 2.45) is 0 Å². The topological polar surface area (TPSA) is 38.3 Å². The van der Waals surface area contributed by atoms with Crippen LogP contribution in [0.3, 0.4) is 0 Å². The van der Waals surface area contributed by atoms with E-state index in [1.807, 2.05) is 18.2 Å². The molecule has 0 radical (unpaired) electrons. The molecule has 2 aromatic carbocycles. The molecule has 0 unspecified atom stereocenters. The van der Waals surface area contributed by atoms with Gasteiger partial charge in [-0.05, 0) is 62.1 Å². The third-order valence-electron chi connectivity index (χ3n) is 5.18. The molecule has 2 rings (SSSR count). The van der Waals surface area contributed by atoms with Crippen molar-refractivity contribution >= 4 is 23.3 Å². The molecule has 0 bridgehead atoms. The summed E-state index contributed by atoms with van der Waals surface area (Å²) in [6, 6.07) is 14.2. The SMILES string of the molecule is CCCCCCCCC/C=C/CCCNc1ccccc1C(=O)Oc1ccc(Cl)cc1. The van der Waals surface area contributed by atoms with Gasteiger partial charge in [-0.25, -0.2) is 4.79 Å². The molecule has 31 heavy (non-hydrogen) atoms. The van der Waals surface area contributed by atoms with E-state index in [9.17, 15) is 4.79 Å². The molecule has 4 heteroatoms. The second kappa shape index (κ2) is 15.5. The van der Waals surface area contributed by atoms with Gasteiger partial charge in [0.1, 0.15) is 5.75 Å². The maximum Gasteiger partial charge on any atom is 0.345 e. The number of rotatable bonds is 15. The van der Waals surface area contributed by atoms with E-state index in [4.69, 9.17) is 16.3 Å². The maximum atomic E-state index is 12.5. The van der Waals surface area contributed by atoms with Gasteiger partial charge >= 0.3 is 5.97 Å². The fraction of sp³-hybridized carbons (Fsp3) is 0.444. The number of para-hydroxylation sites is 1. The molecular formula is C27H36ClNO2. The number of allylic oxidation sites excluding steroid dienone is 2. The van der Waals surface area contributed by atoms with Crippen molar-refractivity contribution in [3.63, 3.8) is 0 Å². The van der Waals surface area contributed by atoms with Crippen molar-refractivity contribution in [2.75, 3.05) is 11.9 Å². The Balaban J connectivity index is 1.64. The Hall–Kier alpha value is -2.26. The number of carbonyl (C=O) groups is 1. The Morgan fingerprint density at radius 2 is 1.52 bits per heavy atom. The van der Waals surface area contributed by atoms with Crippen LogP contribution in [-0.4, -0.2) is 12.5 Å². The van der Waals surface area contributed by atoms with E-state index in [0.29, 0.717) is 16.3 Å². The van der Waals surface area contributed by atoms with Crippen molar-refractivity contribution in [1.29, 1.82) is 0 Å². The van der Waals surface area contributed by atoms with Gasteiger partial charge in [-0.2, -0.15) is 0 Å². The summed E-state index contributed by atoms with van der Waals surface area (Å²) in [5.41, 5.74) is 1.33. The lowest BCUT2D eigenvalue weighted by molar-refractivity contribution is 0.0735. The van der Waals surface area contributed by atoms with Gasteiger partial charge in [-0.15, -0.1) is 0 Å². The quantitative estimate of drug-likeness (QED) is 0.130. The van der Waals surface area contributed by atoms with Crippen LogP contribution in [0.4, 0.5) is 5.69 Å². The van der Waals surface area contributed by atoms with E-state index in [1.54, 1.807) is 30.3 Å². The van der Waals surface area contributed by atoms with E-state index >= 15 is 0 Å². The number of unbranched alkanes of at least 4 members (excludes halogenated alkanes) is 8. The van der Waals surface area contributed by atoms with Crippen molar-refractivity contribution in [3.05, 3.63) is 71.3 Å². The summed E-state index contributed by atoms with van der Waals surface area (Å²) in [7, 11) is 0. The number of esters is 1. The van der Waals surface area contributed by atoms with Crippen LogP contribution >= 0.6 is 11.6 Å². The van der Waals surface area contributed by atoms with Crippen molar-refractivity contribution in [1.82, 2.24) is 0 Å². The number of nitrogens with one attached hydrogen (secondary N) is 1. The molecule has 0 aliphatic carbocycles. The van der Waals surface area contributed by atoms with Gasteiger partial charge in [-0.3, -0.25) is 0 Å². The highest BCUT2D eigenvalue weighted by molar-refractivity contribution is 6.30. The van der Waals surface area contributed by atoms with Gasteiger partial charge < -0.3 is 10.1 Å². The van der Waals surface area contributed by atoms with E-state index in [1.165, 1.54) is 51.4 Å². The van der Waals surface area contributed by atoms with Crippen LogP contribution in [0.25, 0.3) is 0 Å². The second-order valence-corrected chi connectivity index (χ2v) is 8.28. The maximum absolute atomic E-state index is 12.5. The standard InChI is InChI=1S/C27H36ClNO2/c1-2-3-4-5-6-7-8-9-10-11-12-15-22-29-26-17-14-13-16-25(26)27(30)31-24-20-18-23(28)19-21-24/h10-11,13-14,16-21,29H,2-9,12,15,22H2,1H3/b11-10+. The fourth-order valence-corrected chi connectivity index (χ4v) is 3.50. The zero-order chi connectivity index (χ0) is 22.2. The van der Waals surface area contributed by atoms with Crippen LogP contribution in [0.2, 0.25) is 5.02 Å². The van der Waals surface area contributed by atoms with Gasteiger partial charge in [0, 0.05) is 17.3 Å². The predicted molar refractivity (Wildman–Crippen MR) is 132 cm³/mol. The van der Waals surface area contributed by atoms with Crippen molar-refractivity contribution in [3.8, 4) is 5.75 Å². The predicted octanol–water partition coefficient (Wildman–Crippen LogP) is 8.45. The van der Waals surface area contributed by atoms with Crippen LogP contribution in [0, 0.1) is 0 Å². The zero-order valence-electron chi connectivity index (χ0n) is 18.7. The first-order valence-corrected chi connectivity index (χ1v) is 12.0. The number of carbonyl (C=O) groups excluding carboxylic acids is 1. The Labute approximate surface area is 192 Å². The van der Waals surface area contributed by atoms with Gasteiger partial charge in [0.25, 0.3) is 0 Å². The largest absolute Gasteiger partial charge is 0.423 e. The fourth-order valence-electron chi connectivity index (χ4n) is 3.38. The molecule has 0 aliphatic heterocycles. The Bertz CT molecular complexity index is 786. The van der Waals surface area contributed by atoms with E-state index < -0.39 is 0 Å². The summed E-state index contributed by atoms with van der Waals surface area (Å²) in [4.78, 5) is 12.5. The van der Waals surface area contributed by atoms with Crippen LogP contribution in [0.1, 0.15) is 81.5 Å². The lowest BCUT2D eigenvalue weighted by atomic mass is 10.1. The minimum absolute atomic E-state index is 0.375. The molecule has 2 aromatic rings. The summed E-state index contributed by atoms with van der Waals surface area (Å²) in [6.45, 7) is 3.07. The molecule has 1 N–H and O–H groups in total. The molecule has 0 aliphatic rings. The second-order valence-electron chi connectivity index (χ2n) is 7.84. The number of anilines is 1. The molecule has 0 heterocycles. The van der Waals surface area contributed by atoms with E-state index in [0.717, 1.165) is 25.1 Å². The van der Waals surface area contributed by atoms with Gasteiger partial charge in [0.2, 0.25) is 0 Å². The average Bonchev–Trinajstić information content (AvgIpc) is 2.78. The number of halogens is 1. The molecule has 0 saturated carbocycles. The van der Waals surface area contributed by atoms with E-state index in [2.05, 4.69) is 24.4 Å². The third kappa shape index (κ3) is 10.5. The van der Waals surface area contributed by atoms with E-state index in [-0.39, 0.29) is 5.97 Å². The van der Waals surface area contributed by atoms with Gasteiger partial charge in [0.15, 0.2) is 0 Å². The van der Waals surface area contributed by atoms with Crippen molar-refractivity contribution in [2.45, 2.75) is 71.1 Å². The number of ether oxygens (including phenoxy) is 1. The van der Waals surface area contributed by atoms with Crippen LogP contribution in [0.5, 0.6) is 5.75 Å². The summed E-state index contributed by atoms with van der Waals surface area (Å²) in [6.07, 6.45) is 17.3. The molecule has 3 nitrogen and oxygen atoms in total. The molecule has 0 fully saturated rings. The van der Waals surface area contributed by atoms with Crippen molar-refractivity contribution < 1.29 is 9.53 Å². The highest BCUT2D eigenvalue weighted by Crippen LogP contribution is 2.20. The lowest BCUT2D eigenvalue weighted by Gasteiger charge is -2.11. The first kappa shape index (κ1) is 25.0. The summed E-state index contributed by atoms with van der Waals surface area (Å²) >= 11 is 5.88. The summed E-state index contributed by atoms with van der Waals surface area (Å²) in [5, 5.41) is 3.98. The van der Waals surface area contributed by atoms with Crippen LogP contribution in [0.15, 0.2) is 60.7 Å². The summed E-state index contributed by atoms with van der Waals surface area (Å²) in [5.74, 6) is 0.107. The monoisotopic (exact) mass is 441 g/mol. The number of hydrogen-bond acceptors (Lipinski definition) is 3. The first-order valence-electron chi connectivity index (χ1n) is 11.7. The number of hydrogen-bond donors (Lipinski definition) is 1. The van der Waals surface area contributed by atoms with Crippen LogP contribution < -0.4 is 10.1 Å². The van der Waals surface area contributed by atoms with Gasteiger partial charge in [0.05, 0.1) is 5.56 Å². The molecule has 168 valence electrons. The first-order chi connectivity index (χ1) is 15.2. The Morgan fingerprint density at radius 1 is 0.871 bits per heavy atom. The molecule has 0 spiro atoms. The minimum Gasteiger partial charge on any atom is -0.423 e. The molecule has 0 saturated heterocycles. The molecular weight excluding hydrogens is 406 g/mol. The molecule has 0 aromatic heterocycles. The number of benzene rings is 2. The lowest BCUT2D eigenvalue weighted by Crippen LogP contribution is -2.12. The average molecular weight is 442 g/mol. The molecule has 0 atom stereocenters. The van der Waals surface area contributed by atoms with Gasteiger partial charge in [-0.1, -0.05) is 81.3 Å². The Morgan fingerprint density at radius 3 is 2.26 bits per heavy atom. The highest BCUT2D eigenvalue weighted by Gasteiger charge is 2.13.